The van der Waals surface area contributed by atoms with Gasteiger partial charge in [-0.1, -0.05) is 30.3 Å². The first kappa shape index (κ1) is 23.1. The summed E-state index contributed by atoms with van der Waals surface area (Å²) < 4.78 is 33.1. The van der Waals surface area contributed by atoms with Gasteiger partial charge < -0.3 is 15.4 Å². The van der Waals surface area contributed by atoms with Crippen LogP contribution in [0.1, 0.15) is 5.56 Å². The molecule has 0 aliphatic heterocycles. The highest BCUT2D eigenvalue weighted by molar-refractivity contribution is 7.92. The van der Waals surface area contributed by atoms with Crippen LogP contribution in [0.15, 0.2) is 102 Å². The standard InChI is InChI=1S/C24H21N5O3S2/c30-34(31,29-23-25-15-4-16-26-23)22-13-9-20(10-14-22)28-24(33)27-19-7-11-21(12-8-19)32-17-18-5-2-1-3-6-18/h1-16H,17H2,(H,25,26,29)(H2,27,28,33). The number of sulfonamides is 1. The molecule has 0 aliphatic rings. The van der Waals surface area contributed by atoms with Crippen LogP contribution in [0, 0.1) is 0 Å². The first-order valence-corrected chi connectivity index (χ1v) is 12.1. The van der Waals surface area contributed by atoms with Crippen LogP contribution in [0.4, 0.5) is 17.3 Å². The van der Waals surface area contributed by atoms with Gasteiger partial charge in [-0.2, -0.15) is 0 Å². The molecular formula is C24H21N5O3S2. The third-order valence-corrected chi connectivity index (χ3v) is 6.12. The van der Waals surface area contributed by atoms with E-state index in [0.29, 0.717) is 17.4 Å². The third kappa shape index (κ3) is 6.50. The van der Waals surface area contributed by atoms with Crippen molar-refractivity contribution in [3.63, 3.8) is 0 Å². The summed E-state index contributed by atoms with van der Waals surface area (Å²) in [6.45, 7) is 0.493. The molecule has 0 saturated heterocycles. The van der Waals surface area contributed by atoms with Crippen LogP contribution >= 0.6 is 12.2 Å². The van der Waals surface area contributed by atoms with E-state index in [1.807, 2.05) is 54.6 Å². The van der Waals surface area contributed by atoms with Gasteiger partial charge in [-0.3, -0.25) is 0 Å². The van der Waals surface area contributed by atoms with E-state index in [2.05, 4.69) is 25.3 Å². The van der Waals surface area contributed by atoms with Gasteiger partial charge in [-0.05, 0) is 72.4 Å². The molecule has 3 N–H and O–H groups in total. The predicted molar refractivity (Wildman–Crippen MR) is 136 cm³/mol. The van der Waals surface area contributed by atoms with Crippen LogP contribution in [0.25, 0.3) is 0 Å². The maximum Gasteiger partial charge on any atom is 0.264 e. The van der Waals surface area contributed by atoms with E-state index in [-0.39, 0.29) is 10.8 Å². The number of rotatable bonds is 8. The quantitative estimate of drug-likeness (QED) is 0.306. The number of ether oxygens (including phenoxy) is 1. The van der Waals surface area contributed by atoms with Crippen LogP contribution in [0.5, 0.6) is 5.75 Å². The van der Waals surface area contributed by atoms with E-state index < -0.39 is 10.0 Å². The number of thiocarbonyl (C=S) groups is 1. The Morgan fingerprint density at radius 3 is 2.00 bits per heavy atom. The van der Waals surface area contributed by atoms with Gasteiger partial charge in [0.1, 0.15) is 12.4 Å². The van der Waals surface area contributed by atoms with Gasteiger partial charge >= 0.3 is 0 Å². The summed E-state index contributed by atoms with van der Waals surface area (Å²) >= 11 is 5.36. The minimum atomic E-state index is -3.80. The number of benzene rings is 3. The highest BCUT2D eigenvalue weighted by Crippen LogP contribution is 2.19. The Hall–Kier alpha value is -4.02. The van der Waals surface area contributed by atoms with Crippen molar-refractivity contribution in [2.45, 2.75) is 11.5 Å². The zero-order chi connectivity index (χ0) is 23.8. The Morgan fingerprint density at radius 2 is 1.38 bits per heavy atom. The molecule has 0 atom stereocenters. The van der Waals surface area contributed by atoms with Gasteiger partial charge in [-0.25, -0.2) is 23.1 Å². The number of nitrogens with zero attached hydrogens (tertiary/aromatic N) is 2. The third-order valence-electron chi connectivity index (χ3n) is 4.57. The highest BCUT2D eigenvalue weighted by atomic mass is 32.2. The fraction of sp³-hybridized carbons (Fsp3) is 0.0417. The molecule has 4 aromatic rings. The molecule has 10 heteroatoms. The smallest absolute Gasteiger partial charge is 0.264 e. The summed E-state index contributed by atoms with van der Waals surface area (Å²) in [5, 5.41) is 6.48. The van der Waals surface area contributed by atoms with E-state index >= 15 is 0 Å². The normalized spacial score (nSPS) is 10.8. The number of aromatic nitrogens is 2. The van der Waals surface area contributed by atoms with Crippen molar-refractivity contribution >= 4 is 44.7 Å². The first-order chi connectivity index (χ1) is 16.5. The Labute approximate surface area is 203 Å². The lowest BCUT2D eigenvalue weighted by Gasteiger charge is -2.12. The van der Waals surface area contributed by atoms with Crippen LogP contribution in [-0.2, 0) is 16.6 Å². The average Bonchev–Trinajstić information content (AvgIpc) is 2.85. The number of hydrogen-bond acceptors (Lipinski definition) is 6. The van der Waals surface area contributed by atoms with E-state index in [0.717, 1.165) is 17.0 Å². The van der Waals surface area contributed by atoms with Gasteiger partial charge in [0.2, 0.25) is 5.95 Å². The van der Waals surface area contributed by atoms with Crippen LogP contribution in [-0.4, -0.2) is 23.5 Å². The van der Waals surface area contributed by atoms with Crippen LogP contribution < -0.4 is 20.1 Å². The van der Waals surface area contributed by atoms with Crippen LogP contribution in [0.3, 0.4) is 0 Å². The summed E-state index contributed by atoms with van der Waals surface area (Å²) in [6, 6.07) is 25.2. The second kappa shape index (κ2) is 10.7. The topological polar surface area (TPSA) is 105 Å². The fourth-order valence-corrected chi connectivity index (χ4v) is 4.11. The molecule has 4 rings (SSSR count). The lowest BCUT2D eigenvalue weighted by molar-refractivity contribution is 0.306. The lowest BCUT2D eigenvalue weighted by Crippen LogP contribution is -2.19. The molecule has 0 amide bonds. The van der Waals surface area contributed by atoms with E-state index in [9.17, 15) is 8.42 Å². The molecule has 3 aromatic carbocycles. The molecular weight excluding hydrogens is 470 g/mol. The second-order valence-electron chi connectivity index (χ2n) is 7.08. The molecule has 172 valence electrons. The van der Waals surface area contributed by atoms with Gasteiger partial charge in [0.25, 0.3) is 10.0 Å². The van der Waals surface area contributed by atoms with Gasteiger partial charge in [-0.15, -0.1) is 0 Å². The molecule has 0 unspecified atom stereocenters. The van der Waals surface area contributed by atoms with Gasteiger partial charge in [0.15, 0.2) is 5.11 Å². The van der Waals surface area contributed by atoms with Crippen molar-refractivity contribution in [2.24, 2.45) is 0 Å². The number of hydrogen-bond donors (Lipinski definition) is 3. The highest BCUT2D eigenvalue weighted by Gasteiger charge is 2.15. The Balaban J connectivity index is 1.29. The summed E-state index contributed by atoms with van der Waals surface area (Å²) in [6.07, 6.45) is 2.91. The first-order valence-electron chi connectivity index (χ1n) is 10.2. The summed E-state index contributed by atoms with van der Waals surface area (Å²) in [5.74, 6) is 0.756. The minimum Gasteiger partial charge on any atom is -0.489 e. The fourth-order valence-electron chi connectivity index (χ4n) is 2.92. The van der Waals surface area contributed by atoms with Gasteiger partial charge in [0, 0.05) is 23.8 Å². The summed E-state index contributed by atoms with van der Waals surface area (Å²) in [7, 11) is -3.80. The zero-order valence-electron chi connectivity index (χ0n) is 17.9. The maximum atomic E-state index is 12.5. The molecule has 1 aromatic heterocycles. The molecule has 0 saturated carbocycles. The Kier molecular flexibility index (Phi) is 7.31. The molecule has 8 nitrogen and oxygen atoms in total. The van der Waals surface area contributed by atoms with E-state index in [1.165, 1.54) is 24.5 Å². The van der Waals surface area contributed by atoms with Crippen molar-refractivity contribution in [1.29, 1.82) is 0 Å². The van der Waals surface area contributed by atoms with E-state index in [4.69, 9.17) is 17.0 Å². The van der Waals surface area contributed by atoms with Crippen LogP contribution in [0.2, 0.25) is 0 Å². The summed E-state index contributed by atoms with van der Waals surface area (Å²) in [5.41, 5.74) is 2.52. The zero-order valence-corrected chi connectivity index (χ0v) is 19.5. The molecule has 0 radical (unpaired) electrons. The van der Waals surface area contributed by atoms with Crippen molar-refractivity contribution < 1.29 is 13.2 Å². The van der Waals surface area contributed by atoms with Crippen molar-refractivity contribution in [3.8, 4) is 5.75 Å². The number of anilines is 3. The van der Waals surface area contributed by atoms with Crippen molar-refractivity contribution in [2.75, 3.05) is 15.4 Å². The van der Waals surface area contributed by atoms with E-state index in [1.54, 1.807) is 18.2 Å². The van der Waals surface area contributed by atoms with Crippen molar-refractivity contribution in [3.05, 3.63) is 103 Å². The average molecular weight is 492 g/mol. The minimum absolute atomic E-state index is 0.00608. The maximum absolute atomic E-state index is 12.5. The second-order valence-corrected chi connectivity index (χ2v) is 9.17. The lowest BCUT2D eigenvalue weighted by atomic mass is 10.2. The predicted octanol–water partition coefficient (Wildman–Crippen LogP) is 4.67. The Bertz CT molecular complexity index is 1330. The Morgan fingerprint density at radius 1 is 0.794 bits per heavy atom. The monoisotopic (exact) mass is 491 g/mol. The molecule has 34 heavy (non-hydrogen) atoms. The van der Waals surface area contributed by atoms with Crippen molar-refractivity contribution in [1.82, 2.24) is 9.97 Å². The molecule has 0 spiro atoms. The molecule has 0 bridgehead atoms. The molecule has 0 fully saturated rings. The van der Waals surface area contributed by atoms with Gasteiger partial charge in [0.05, 0.1) is 4.90 Å². The molecule has 0 aliphatic carbocycles. The summed E-state index contributed by atoms with van der Waals surface area (Å²) in [4.78, 5) is 7.82. The SMILES string of the molecule is O=S(=O)(Nc1ncccn1)c1ccc(NC(=S)Nc2ccc(OCc3ccccc3)cc2)cc1. The largest absolute Gasteiger partial charge is 0.489 e. The molecule has 1 heterocycles. The number of nitrogens with one attached hydrogen (secondary N) is 3.